The minimum absolute atomic E-state index is 0.159. The molecular formula is C16H17ClN2O4. The first kappa shape index (κ1) is 15.7. The third-order valence-corrected chi connectivity index (χ3v) is 3.73. The summed E-state index contributed by atoms with van der Waals surface area (Å²) in [6.07, 6.45) is 1.59. The number of carbonyl (C=O) groups is 1. The number of amides is 2. The van der Waals surface area contributed by atoms with Gasteiger partial charge in [0.25, 0.3) is 0 Å². The van der Waals surface area contributed by atoms with Crippen LogP contribution in [-0.4, -0.2) is 37.2 Å². The molecule has 2 heterocycles. The van der Waals surface area contributed by atoms with Crippen LogP contribution in [0.15, 0.2) is 41.0 Å². The Morgan fingerprint density at radius 3 is 2.83 bits per heavy atom. The molecule has 0 bridgehead atoms. The quantitative estimate of drug-likeness (QED) is 0.929. The van der Waals surface area contributed by atoms with Crippen LogP contribution >= 0.6 is 11.6 Å². The molecule has 7 heteroatoms. The van der Waals surface area contributed by atoms with Gasteiger partial charge in [0.1, 0.15) is 18.1 Å². The highest BCUT2D eigenvalue weighted by atomic mass is 35.5. The van der Waals surface area contributed by atoms with Crippen molar-refractivity contribution in [3.8, 4) is 5.75 Å². The Kier molecular flexibility index (Phi) is 5.05. The van der Waals surface area contributed by atoms with Gasteiger partial charge < -0.3 is 24.1 Å². The molecule has 1 aliphatic heterocycles. The summed E-state index contributed by atoms with van der Waals surface area (Å²) >= 11 is 6.20. The fraction of sp³-hybridized carbons (Fsp3) is 0.312. The van der Waals surface area contributed by atoms with Gasteiger partial charge in [-0.05, 0) is 30.3 Å². The number of anilines is 1. The van der Waals surface area contributed by atoms with Gasteiger partial charge in [-0.15, -0.1) is 0 Å². The molecule has 1 saturated heterocycles. The van der Waals surface area contributed by atoms with E-state index in [2.05, 4.69) is 5.32 Å². The van der Waals surface area contributed by atoms with E-state index in [1.54, 1.807) is 35.4 Å². The summed E-state index contributed by atoms with van der Waals surface area (Å²) in [6, 6.07) is 8.60. The van der Waals surface area contributed by atoms with Gasteiger partial charge in [0, 0.05) is 18.8 Å². The highest BCUT2D eigenvalue weighted by Crippen LogP contribution is 2.28. The lowest BCUT2D eigenvalue weighted by molar-refractivity contribution is 0.0564. The first-order valence-electron chi connectivity index (χ1n) is 7.31. The zero-order chi connectivity index (χ0) is 16.1. The van der Waals surface area contributed by atoms with E-state index in [1.165, 1.54) is 0 Å². The van der Waals surface area contributed by atoms with E-state index in [-0.39, 0.29) is 6.03 Å². The molecule has 0 radical (unpaired) electrons. The smallest absolute Gasteiger partial charge is 0.322 e. The molecule has 0 aliphatic carbocycles. The molecule has 1 aromatic heterocycles. The van der Waals surface area contributed by atoms with Gasteiger partial charge in [0.05, 0.1) is 24.5 Å². The van der Waals surface area contributed by atoms with Gasteiger partial charge >= 0.3 is 6.03 Å². The lowest BCUT2D eigenvalue weighted by Crippen LogP contribution is -2.43. The van der Waals surface area contributed by atoms with Crippen molar-refractivity contribution in [1.29, 1.82) is 0 Å². The number of morpholine rings is 1. The van der Waals surface area contributed by atoms with Crippen molar-refractivity contribution >= 4 is 23.3 Å². The Bertz CT molecular complexity index is 654. The summed E-state index contributed by atoms with van der Waals surface area (Å²) < 4.78 is 16.0. The van der Waals surface area contributed by atoms with Crippen molar-refractivity contribution in [2.45, 2.75) is 6.61 Å². The molecule has 1 N–H and O–H groups in total. The summed E-state index contributed by atoms with van der Waals surface area (Å²) in [4.78, 5) is 13.8. The second-order valence-corrected chi connectivity index (χ2v) is 5.45. The Balaban J connectivity index is 1.58. The molecule has 2 aromatic rings. The molecule has 0 saturated carbocycles. The summed E-state index contributed by atoms with van der Waals surface area (Å²) in [7, 11) is 0. The molecule has 23 heavy (non-hydrogen) atoms. The van der Waals surface area contributed by atoms with Gasteiger partial charge in [-0.3, -0.25) is 0 Å². The van der Waals surface area contributed by atoms with E-state index in [4.69, 9.17) is 25.5 Å². The highest BCUT2D eigenvalue weighted by molar-refractivity contribution is 6.32. The van der Waals surface area contributed by atoms with Crippen LogP contribution in [0.25, 0.3) is 0 Å². The lowest BCUT2D eigenvalue weighted by atomic mass is 10.3. The van der Waals surface area contributed by atoms with Gasteiger partial charge in [-0.25, -0.2) is 4.79 Å². The molecule has 0 spiro atoms. The average Bonchev–Trinajstić information content (AvgIpc) is 3.08. The molecule has 0 unspecified atom stereocenters. The van der Waals surface area contributed by atoms with Crippen molar-refractivity contribution in [2.75, 3.05) is 31.6 Å². The number of nitrogens with zero attached hydrogens (tertiary/aromatic N) is 1. The zero-order valence-electron chi connectivity index (χ0n) is 12.5. The van der Waals surface area contributed by atoms with E-state index in [0.717, 1.165) is 0 Å². The number of nitrogens with one attached hydrogen (secondary N) is 1. The average molecular weight is 337 g/mol. The molecular weight excluding hydrogens is 320 g/mol. The van der Waals surface area contributed by atoms with Crippen LogP contribution in [0.3, 0.4) is 0 Å². The molecule has 122 valence electrons. The van der Waals surface area contributed by atoms with Gasteiger partial charge in [-0.2, -0.15) is 0 Å². The SMILES string of the molecule is O=C(Nc1ccc(OCc2ccco2)c(Cl)c1)N1CCOCC1. The van der Waals surface area contributed by atoms with Crippen molar-refractivity contribution in [3.05, 3.63) is 47.4 Å². The largest absolute Gasteiger partial charge is 0.484 e. The van der Waals surface area contributed by atoms with Crippen molar-refractivity contribution in [2.24, 2.45) is 0 Å². The molecule has 1 aliphatic rings. The van der Waals surface area contributed by atoms with Crippen LogP contribution < -0.4 is 10.1 Å². The van der Waals surface area contributed by atoms with Crippen LogP contribution in [0.4, 0.5) is 10.5 Å². The maximum atomic E-state index is 12.1. The third kappa shape index (κ3) is 4.18. The van der Waals surface area contributed by atoms with Crippen LogP contribution in [0.2, 0.25) is 5.02 Å². The second-order valence-electron chi connectivity index (χ2n) is 5.04. The number of ether oxygens (including phenoxy) is 2. The maximum absolute atomic E-state index is 12.1. The molecule has 1 fully saturated rings. The van der Waals surface area contributed by atoms with Crippen LogP contribution in [-0.2, 0) is 11.3 Å². The fourth-order valence-corrected chi connectivity index (χ4v) is 2.44. The summed E-state index contributed by atoms with van der Waals surface area (Å²) in [5.74, 6) is 1.25. The molecule has 0 atom stereocenters. The van der Waals surface area contributed by atoms with Gasteiger partial charge in [0.15, 0.2) is 0 Å². The summed E-state index contributed by atoms with van der Waals surface area (Å²) in [6.45, 7) is 2.60. The number of urea groups is 1. The topological polar surface area (TPSA) is 63.9 Å². The molecule has 6 nitrogen and oxygen atoms in total. The predicted octanol–water partition coefficient (Wildman–Crippen LogP) is 3.38. The third-order valence-electron chi connectivity index (χ3n) is 3.43. The monoisotopic (exact) mass is 336 g/mol. The number of carbonyl (C=O) groups excluding carboxylic acids is 1. The Labute approximate surface area is 138 Å². The van der Waals surface area contributed by atoms with E-state index < -0.39 is 0 Å². The standard InChI is InChI=1S/C16H17ClN2O4/c17-14-10-12(18-16(20)19-5-8-21-9-6-19)3-4-15(14)23-11-13-2-1-7-22-13/h1-4,7,10H,5-6,8-9,11H2,(H,18,20). The summed E-state index contributed by atoms with van der Waals surface area (Å²) in [5, 5.41) is 3.25. The van der Waals surface area contributed by atoms with E-state index in [1.807, 2.05) is 6.07 Å². The number of benzene rings is 1. The lowest BCUT2D eigenvalue weighted by Gasteiger charge is -2.27. The van der Waals surface area contributed by atoms with Crippen LogP contribution in [0.1, 0.15) is 5.76 Å². The van der Waals surface area contributed by atoms with Crippen LogP contribution in [0, 0.1) is 0 Å². The van der Waals surface area contributed by atoms with Crippen molar-refractivity contribution < 1.29 is 18.7 Å². The van der Waals surface area contributed by atoms with Gasteiger partial charge in [0.2, 0.25) is 0 Å². The molecule has 2 amide bonds. The maximum Gasteiger partial charge on any atom is 0.322 e. The molecule has 3 rings (SSSR count). The zero-order valence-corrected chi connectivity index (χ0v) is 13.2. The highest BCUT2D eigenvalue weighted by Gasteiger charge is 2.17. The summed E-state index contributed by atoms with van der Waals surface area (Å²) in [5.41, 5.74) is 0.622. The number of hydrogen-bond acceptors (Lipinski definition) is 4. The number of halogens is 1. The van der Waals surface area contributed by atoms with E-state index >= 15 is 0 Å². The van der Waals surface area contributed by atoms with E-state index in [9.17, 15) is 4.79 Å². The minimum Gasteiger partial charge on any atom is -0.484 e. The fourth-order valence-electron chi connectivity index (χ4n) is 2.21. The van der Waals surface area contributed by atoms with Gasteiger partial charge in [-0.1, -0.05) is 11.6 Å². The Morgan fingerprint density at radius 2 is 2.13 bits per heavy atom. The minimum atomic E-state index is -0.159. The predicted molar refractivity (Wildman–Crippen MR) is 85.9 cm³/mol. The normalized spacial score (nSPS) is 14.6. The number of furan rings is 1. The van der Waals surface area contributed by atoms with Crippen molar-refractivity contribution in [3.63, 3.8) is 0 Å². The van der Waals surface area contributed by atoms with Crippen LogP contribution in [0.5, 0.6) is 5.75 Å². The second kappa shape index (κ2) is 7.39. The first-order chi connectivity index (χ1) is 11.2. The number of rotatable bonds is 4. The first-order valence-corrected chi connectivity index (χ1v) is 7.68. The molecule has 1 aromatic carbocycles. The number of hydrogen-bond donors (Lipinski definition) is 1. The Hall–Kier alpha value is -2.18. The van der Waals surface area contributed by atoms with Crippen molar-refractivity contribution in [1.82, 2.24) is 4.90 Å². The Morgan fingerprint density at radius 1 is 1.30 bits per heavy atom. The van der Waals surface area contributed by atoms with E-state index in [0.29, 0.717) is 55.1 Å².